The Hall–Kier alpha value is -1.65. The summed E-state index contributed by atoms with van der Waals surface area (Å²) in [6.45, 7) is 0. The predicted molar refractivity (Wildman–Crippen MR) is 89.0 cm³/mol. The van der Waals surface area contributed by atoms with Crippen molar-refractivity contribution in [1.82, 2.24) is 0 Å². The Morgan fingerprint density at radius 1 is 0.957 bits per heavy atom. The van der Waals surface area contributed by atoms with E-state index in [0.717, 1.165) is 29.7 Å². The summed E-state index contributed by atoms with van der Waals surface area (Å²) in [6, 6.07) is 16.3. The number of hydrogen-bond donors (Lipinski definition) is 1. The van der Waals surface area contributed by atoms with Crippen LogP contribution in [0.1, 0.15) is 54.1 Å². The quantitative estimate of drug-likeness (QED) is 0.899. The summed E-state index contributed by atoms with van der Waals surface area (Å²) in [5.41, 5.74) is 3.65. The van der Waals surface area contributed by atoms with Gasteiger partial charge in [0.15, 0.2) is 0 Å². The van der Waals surface area contributed by atoms with Gasteiger partial charge in [0.25, 0.3) is 0 Å². The fraction of sp³-hybridized carbons (Fsp3) is 0.368. The topological polar surface area (TPSA) is 50.2 Å². The number of rotatable bonds is 3. The SMILES string of the molecule is N=S(=O)(c1ccccc1[C@@H]1C[C@@H]2O[C@H]1c1ccccc12)C1CC1. The first-order valence-corrected chi connectivity index (χ1v) is 9.89. The van der Waals surface area contributed by atoms with Crippen LogP contribution in [-0.2, 0) is 14.5 Å². The van der Waals surface area contributed by atoms with E-state index in [-0.39, 0.29) is 23.4 Å². The molecule has 2 aromatic rings. The van der Waals surface area contributed by atoms with Crippen molar-refractivity contribution in [1.29, 1.82) is 4.78 Å². The van der Waals surface area contributed by atoms with Crippen molar-refractivity contribution in [2.45, 2.75) is 47.5 Å². The average molecular weight is 325 g/mol. The highest BCUT2D eigenvalue weighted by molar-refractivity contribution is 7.93. The van der Waals surface area contributed by atoms with Gasteiger partial charge in [-0.25, -0.2) is 8.99 Å². The molecule has 23 heavy (non-hydrogen) atoms. The van der Waals surface area contributed by atoms with Crippen molar-refractivity contribution < 1.29 is 8.95 Å². The average Bonchev–Trinajstić information content (AvgIpc) is 3.28. The van der Waals surface area contributed by atoms with Crippen molar-refractivity contribution >= 4 is 9.73 Å². The second-order valence-electron chi connectivity index (χ2n) is 6.85. The summed E-state index contributed by atoms with van der Waals surface area (Å²) in [4.78, 5) is 0.751. The van der Waals surface area contributed by atoms with Crippen LogP contribution < -0.4 is 0 Å². The summed E-state index contributed by atoms with van der Waals surface area (Å²) >= 11 is 0. The molecule has 1 saturated carbocycles. The van der Waals surface area contributed by atoms with Gasteiger partial charge in [-0.2, -0.15) is 0 Å². The van der Waals surface area contributed by atoms with E-state index in [9.17, 15) is 4.21 Å². The monoisotopic (exact) mass is 325 g/mol. The molecule has 5 rings (SSSR count). The maximum atomic E-state index is 13.0. The van der Waals surface area contributed by atoms with Gasteiger partial charge in [-0.05, 0) is 42.0 Å². The Labute approximate surface area is 136 Å². The first-order valence-electron chi connectivity index (χ1n) is 8.27. The van der Waals surface area contributed by atoms with E-state index in [0.29, 0.717) is 0 Å². The second-order valence-corrected chi connectivity index (χ2v) is 9.16. The largest absolute Gasteiger partial charge is 0.365 e. The number of ether oxygens (including phenoxy) is 1. The van der Waals surface area contributed by atoms with Crippen LogP contribution in [0.15, 0.2) is 53.4 Å². The molecule has 0 radical (unpaired) electrons. The van der Waals surface area contributed by atoms with Gasteiger partial charge in [0.1, 0.15) is 0 Å². The summed E-state index contributed by atoms with van der Waals surface area (Å²) in [7, 11) is -2.68. The highest BCUT2D eigenvalue weighted by atomic mass is 32.2. The molecule has 0 spiro atoms. The summed E-state index contributed by atoms with van der Waals surface area (Å²) in [5.74, 6) is 0.219. The van der Waals surface area contributed by atoms with Gasteiger partial charge in [0, 0.05) is 11.2 Å². The number of nitrogens with one attached hydrogen (secondary N) is 1. The third-order valence-corrected chi connectivity index (χ3v) is 7.87. The predicted octanol–water partition coefficient (Wildman–Crippen LogP) is 4.55. The number of hydrogen-bond acceptors (Lipinski definition) is 3. The van der Waals surface area contributed by atoms with Gasteiger partial charge >= 0.3 is 0 Å². The Bertz CT molecular complexity index is 886. The summed E-state index contributed by atoms with van der Waals surface area (Å²) in [5, 5.41) is 0.0513. The van der Waals surface area contributed by atoms with Crippen molar-refractivity contribution in [3.05, 3.63) is 65.2 Å². The van der Waals surface area contributed by atoms with Crippen LogP contribution in [0.5, 0.6) is 0 Å². The van der Waals surface area contributed by atoms with E-state index in [1.807, 2.05) is 18.2 Å². The molecule has 2 bridgehead atoms. The lowest BCUT2D eigenvalue weighted by Crippen LogP contribution is -2.15. The molecule has 3 nitrogen and oxygen atoms in total. The van der Waals surface area contributed by atoms with Gasteiger partial charge in [0.2, 0.25) is 0 Å². The van der Waals surface area contributed by atoms with Gasteiger partial charge in [-0.1, -0.05) is 42.5 Å². The van der Waals surface area contributed by atoms with E-state index in [4.69, 9.17) is 9.52 Å². The normalized spacial score (nSPS) is 30.9. The van der Waals surface area contributed by atoms with E-state index < -0.39 is 9.73 Å². The van der Waals surface area contributed by atoms with E-state index in [1.165, 1.54) is 11.1 Å². The molecule has 2 aromatic carbocycles. The van der Waals surface area contributed by atoms with Gasteiger partial charge in [-0.3, -0.25) is 0 Å². The molecular weight excluding hydrogens is 306 g/mol. The van der Waals surface area contributed by atoms with Crippen LogP contribution in [-0.4, -0.2) is 9.46 Å². The maximum Gasteiger partial charge on any atom is 0.0906 e. The first-order chi connectivity index (χ1) is 11.2. The van der Waals surface area contributed by atoms with Crippen LogP contribution in [0, 0.1) is 4.78 Å². The number of benzene rings is 2. The zero-order chi connectivity index (χ0) is 15.6. The molecule has 1 saturated heterocycles. The van der Waals surface area contributed by atoms with Crippen molar-refractivity contribution in [3.8, 4) is 0 Å². The van der Waals surface area contributed by atoms with Crippen LogP contribution in [0.3, 0.4) is 0 Å². The van der Waals surface area contributed by atoms with Crippen LogP contribution in [0.2, 0.25) is 0 Å². The Kier molecular flexibility index (Phi) is 2.80. The van der Waals surface area contributed by atoms with Crippen molar-refractivity contribution in [3.63, 3.8) is 0 Å². The molecule has 2 aliphatic heterocycles. The molecule has 4 atom stereocenters. The van der Waals surface area contributed by atoms with E-state index in [1.54, 1.807) is 0 Å². The first kappa shape index (κ1) is 13.8. The molecule has 2 fully saturated rings. The molecular formula is C19H19NO2S. The van der Waals surface area contributed by atoms with Gasteiger partial charge < -0.3 is 4.74 Å². The standard InChI is InChI=1S/C19H19NO2S/c20-23(21,12-9-10-12)18-8-4-3-6-14(18)16-11-17-13-5-1-2-7-15(13)19(16)22-17/h1-8,12,16-17,19-20H,9-11H2/t16-,17-,19-,23?/m0/s1. The Morgan fingerprint density at radius 3 is 2.35 bits per heavy atom. The van der Waals surface area contributed by atoms with Crippen molar-refractivity contribution in [2.75, 3.05) is 0 Å². The lowest BCUT2D eigenvalue weighted by atomic mass is 9.80. The highest BCUT2D eigenvalue weighted by Crippen LogP contribution is 2.58. The van der Waals surface area contributed by atoms with Crippen LogP contribution in [0.25, 0.3) is 0 Å². The minimum Gasteiger partial charge on any atom is -0.365 e. The van der Waals surface area contributed by atoms with Gasteiger partial charge in [-0.15, -0.1) is 0 Å². The third-order valence-electron chi connectivity index (χ3n) is 5.43. The van der Waals surface area contributed by atoms with E-state index >= 15 is 0 Å². The lowest BCUT2D eigenvalue weighted by molar-refractivity contribution is 0.0673. The smallest absolute Gasteiger partial charge is 0.0906 e. The summed E-state index contributed by atoms with van der Waals surface area (Å²) < 4.78 is 27.7. The molecule has 118 valence electrons. The highest BCUT2D eigenvalue weighted by Gasteiger charge is 2.47. The van der Waals surface area contributed by atoms with Crippen LogP contribution in [0.4, 0.5) is 0 Å². The Balaban J connectivity index is 1.60. The molecule has 1 unspecified atom stereocenters. The van der Waals surface area contributed by atoms with E-state index in [2.05, 4.69) is 30.3 Å². The van der Waals surface area contributed by atoms with Gasteiger partial charge in [0.05, 0.1) is 26.8 Å². The lowest BCUT2D eigenvalue weighted by Gasteiger charge is -2.24. The fourth-order valence-corrected chi connectivity index (χ4v) is 6.18. The molecule has 1 aliphatic carbocycles. The third kappa shape index (κ3) is 1.95. The molecule has 3 aliphatic rings. The minimum absolute atomic E-state index is 0.0479. The summed E-state index contributed by atoms with van der Waals surface area (Å²) in [6.07, 6.45) is 2.97. The maximum absolute atomic E-state index is 13.0. The second kappa shape index (κ2) is 4.68. The van der Waals surface area contributed by atoms with Crippen molar-refractivity contribution in [2.24, 2.45) is 0 Å². The minimum atomic E-state index is -2.68. The molecule has 0 aromatic heterocycles. The molecule has 1 N–H and O–H groups in total. The Morgan fingerprint density at radius 2 is 1.61 bits per heavy atom. The number of fused-ring (bicyclic) bond motifs is 5. The zero-order valence-corrected chi connectivity index (χ0v) is 13.6. The van der Waals surface area contributed by atoms with Crippen LogP contribution >= 0.6 is 0 Å². The molecule has 2 heterocycles. The molecule has 0 amide bonds. The molecule has 4 heteroatoms. The fourth-order valence-electron chi connectivity index (χ4n) is 4.17. The zero-order valence-electron chi connectivity index (χ0n) is 12.8.